The van der Waals surface area contributed by atoms with E-state index in [1.807, 2.05) is 6.92 Å². The predicted octanol–water partition coefficient (Wildman–Crippen LogP) is 4.18. The van der Waals surface area contributed by atoms with Crippen molar-refractivity contribution >= 4 is 33.4 Å². The molecular formula is C16H29FN2O4PSSi+. The molecule has 0 bridgehead atoms. The second-order valence-electron chi connectivity index (χ2n) is 8.33. The Balaban J connectivity index is 2.10. The van der Waals surface area contributed by atoms with E-state index in [-0.39, 0.29) is 11.1 Å². The third-order valence-corrected chi connectivity index (χ3v) is 10.4. The molecule has 0 saturated carbocycles. The van der Waals surface area contributed by atoms with Crippen LogP contribution in [0.25, 0.3) is 0 Å². The summed E-state index contributed by atoms with van der Waals surface area (Å²) in [6.45, 7) is 13.5. The Morgan fingerprint density at radius 2 is 2.15 bits per heavy atom. The van der Waals surface area contributed by atoms with Gasteiger partial charge in [-0.2, -0.15) is 0 Å². The lowest BCUT2D eigenvalue weighted by Gasteiger charge is -2.37. The van der Waals surface area contributed by atoms with Gasteiger partial charge in [0.1, 0.15) is 18.4 Å². The summed E-state index contributed by atoms with van der Waals surface area (Å²) in [5, 5.41) is 2.84. The number of urea groups is 1. The fraction of sp³-hybridized carbons (Fsp3) is 0.812. The molecular weight excluding hydrogens is 394 g/mol. The van der Waals surface area contributed by atoms with Crippen molar-refractivity contribution in [1.29, 1.82) is 0 Å². The largest absolute Gasteiger partial charge is 0.572 e. The van der Waals surface area contributed by atoms with Gasteiger partial charge in [0.25, 0.3) is 0 Å². The van der Waals surface area contributed by atoms with Gasteiger partial charge in [-0.1, -0.05) is 20.8 Å². The van der Waals surface area contributed by atoms with Crippen LogP contribution in [-0.4, -0.2) is 50.8 Å². The first-order valence-electron chi connectivity index (χ1n) is 8.73. The Kier molecular flexibility index (Phi) is 6.96. The monoisotopic (exact) mass is 423 g/mol. The number of carbonyl (C=O) groups is 1. The molecule has 0 radical (unpaired) electrons. The molecule has 6 nitrogen and oxygen atoms in total. The van der Waals surface area contributed by atoms with Crippen LogP contribution in [0.3, 0.4) is 0 Å². The molecule has 1 fully saturated rings. The van der Waals surface area contributed by atoms with Gasteiger partial charge < -0.3 is 14.5 Å². The quantitative estimate of drug-likeness (QED) is 0.513. The molecule has 1 unspecified atom stereocenters. The summed E-state index contributed by atoms with van der Waals surface area (Å²) < 4.78 is 30.9. The Morgan fingerprint density at radius 1 is 1.50 bits per heavy atom. The van der Waals surface area contributed by atoms with Crippen molar-refractivity contribution in [2.45, 2.75) is 70.7 Å². The molecule has 2 heterocycles. The van der Waals surface area contributed by atoms with Gasteiger partial charge in [-0.25, -0.2) is 4.79 Å². The van der Waals surface area contributed by atoms with E-state index in [4.69, 9.17) is 13.7 Å². The number of amides is 2. The number of hydrogen-bond donors (Lipinski definition) is 1. The minimum Gasteiger partial charge on any atom is -0.414 e. The lowest BCUT2D eigenvalue weighted by atomic mass is 10.2. The van der Waals surface area contributed by atoms with Crippen LogP contribution in [0.2, 0.25) is 18.1 Å². The Morgan fingerprint density at radius 3 is 2.73 bits per heavy atom. The van der Waals surface area contributed by atoms with Gasteiger partial charge >= 0.3 is 13.3 Å². The number of nitrogens with one attached hydrogen (secondary N) is 1. The molecule has 1 N–H and O–H groups in total. The zero-order valence-corrected chi connectivity index (χ0v) is 19.0. The number of carbonyl (C=O) groups excluding carboxylic acids is 1. The van der Waals surface area contributed by atoms with Gasteiger partial charge in [-0.05, 0) is 30.6 Å². The second-order valence-corrected chi connectivity index (χ2v) is 14.6. The summed E-state index contributed by atoms with van der Waals surface area (Å²) in [6, 6.07) is -0.230. The van der Waals surface area contributed by atoms with Crippen LogP contribution in [0.1, 0.15) is 34.1 Å². The zero-order valence-electron chi connectivity index (χ0n) is 16.2. The van der Waals surface area contributed by atoms with E-state index in [0.717, 1.165) is 5.57 Å². The van der Waals surface area contributed by atoms with E-state index in [1.165, 1.54) is 4.90 Å². The summed E-state index contributed by atoms with van der Waals surface area (Å²) >= 11 is 4.61. The maximum Gasteiger partial charge on any atom is 0.572 e. The first-order chi connectivity index (χ1) is 11.9. The maximum absolute atomic E-state index is 13.4. The maximum atomic E-state index is 13.4. The van der Waals surface area contributed by atoms with Crippen molar-refractivity contribution in [2.24, 2.45) is 0 Å². The SMILES string of the molecule is CC1=CN([C@H]2C[C@H](O[P+](F)=S)[C@@H](CO[Si](C)(C)C(C)(C)C)O2)C(=O)NC1. The summed E-state index contributed by atoms with van der Waals surface area (Å²) in [7, 11) is -4.41. The first kappa shape index (κ1) is 21.9. The van der Waals surface area contributed by atoms with E-state index in [2.05, 4.69) is 51.0 Å². The Hall–Kier alpha value is -0.443. The number of halogens is 1. The smallest absolute Gasteiger partial charge is 0.414 e. The van der Waals surface area contributed by atoms with Crippen molar-refractivity contribution in [3.63, 3.8) is 0 Å². The van der Waals surface area contributed by atoms with E-state index < -0.39 is 34.0 Å². The molecule has 148 valence electrons. The Bertz CT molecular complexity index is 599. The van der Waals surface area contributed by atoms with Crippen LogP contribution in [0.4, 0.5) is 8.99 Å². The average molecular weight is 424 g/mol. The molecule has 2 rings (SSSR count). The number of ether oxygens (including phenoxy) is 1. The molecule has 4 atom stereocenters. The standard InChI is InChI=1S/C16H28FN2O4PSSi/c1-11-8-18-15(20)19(9-11)14-7-12(23-24(17)25)13(22-14)10-21-26(5,6)16(2,3)4/h9,12-14H,7-8,10H2,1-6H3/p+1/t12-,13+,14+/m0/s1. The first-order valence-corrected chi connectivity index (χ1v) is 13.8. The van der Waals surface area contributed by atoms with Crippen LogP contribution in [-0.2, 0) is 25.5 Å². The predicted molar refractivity (Wildman–Crippen MR) is 106 cm³/mol. The van der Waals surface area contributed by atoms with Gasteiger partial charge in [-0.3, -0.25) is 4.90 Å². The molecule has 2 aliphatic heterocycles. The van der Waals surface area contributed by atoms with Gasteiger partial charge in [-0.15, -0.1) is 4.52 Å². The van der Waals surface area contributed by atoms with Crippen molar-refractivity contribution in [3.8, 4) is 0 Å². The van der Waals surface area contributed by atoms with Gasteiger partial charge in [0.15, 0.2) is 8.32 Å². The highest BCUT2D eigenvalue weighted by molar-refractivity contribution is 8.00. The van der Waals surface area contributed by atoms with Crippen molar-refractivity contribution in [2.75, 3.05) is 13.2 Å². The fourth-order valence-corrected chi connectivity index (χ4v) is 4.39. The fourth-order valence-electron chi connectivity index (χ4n) is 2.61. The lowest BCUT2D eigenvalue weighted by molar-refractivity contribution is -0.0478. The van der Waals surface area contributed by atoms with Crippen LogP contribution >= 0.6 is 7.23 Å². The molecule has 0 aromatic heterocycles. The summed E-state index contributed by atoms with van der Waals surface area (Å²) in [4.78, 5) is 13.7. The molecule has 10 heteroatoms. The topological polar surface area (TPSA) is 60.0 Å². The highest BCUT2D eigenvalue weighted by Gasteiger charge is 2.46. The lowest BCUT2D eigenvalue weighted by Crippen LogP contribution is -2.47. The minimum absolute atomic E-state index is 0.0543. The zero-order chi connectivity index (χ0) is 19.7. The number of nitrogens with zero attached hydrogens (tertiary/aromatic N) is 1. The molecule has 0 aliphatic carbocycles. The normalized spacial score (nSPS) is 28.0. The summed E-state index contributed by atoms with van der Waals surface area (Å²) in [5.41, 5.74) is 1.02. The minimum atomic E-state index is -2.43. The van der Waals surface area contributed by atoms with E-state index in [0.29, 0.717) is 19.6 Å². The molecule has 0 aromatic rings. The van der Waals surface area contributed by atoms with Gasteiger partial charge in [0.2, 0.25) is 11.8 Å². The summed E-state index contributed by atoms with van der Waals surface area (Å²) in [5.74, 6) is 0. The van der Waals surface area contributed by atoms with Crippen LogP contribution in [0.15, 0.2) is 11.8 Å². The number of rotatable bonds is 6. The highest BCUT2D eigenvalue weighted by atomic mass is 32.4. The molecule has 0 aromatic carbocycles. The molecule has 2 aliphatic rings. The van der Waals surface area contributed by atoms with Gasteiger partial charge in [0.05, 0.1) is 10.8 Å². The second kappa shape index (κ2) is 8.28. The summed E-state index contributed by atoms with van der Waals surface area (Å²) in [6.07, 6.45) is 0.627. The molecule has 2 amide bonds. The van der Waals surface area contributed by atoms with Crippen LogP contribution < -0.4 is 5.32 Å². The van der Waals surface area contributed by atoms with Crippen molar-refractivity contribution in [3.05, 3.63) is 11.8 Å². The van der Waals surface area contributed by atoms with Crippen LogP contribution in [0.5, 0.6) is 0 Å². The van der Waals surface area contributed by atoms with Crippen molar-refractivity contribution < 1.29 is 22.7 Å². The molecule has 26 heavy (non-hydrogen) atoms. The average Bonchev–Trinajstić information content (AvgIpc) is 2.88. The third-order valence-electron chi connectivity index (χ3n) is 5.24. The van der Waals surface area contributed by atoms with Crippen molar-refractivity contribution in [1.82, 2.24) is 10.2 Å². The molecule has 1 saturated heterocycles. The molecule has 0 spiro atoms. The van der Waals surface area contributed by atoms with E-state index in [1.54, 1.807) is 6.20 Å². The Labute approximate surface area is 162 Å². The number of hydrogen-bond acceptors (Lipinski definition) is 5. The van der Waals surface area contributed by atoms with Gasteiger partial charge in [0, 0.05) is 19.2 Å². The van der Waals surface area contributed by atoms with E-state index >= 15 is 0 Å². The van der Waals surface area contributed by atoms with E-state index in [9.17, 15) is 8.99 Å². The highest BCUT2D eigenvalue weighted by Crippen LogP contribution is 2.39. The third kappa shape index (κ3) is 5.30. The van der Waals surface area contributed by atoms with Crippen LogP contribution in [0, 0.1) is 0 Å².